The summed E-state index contributed by atoms with van der Waals surface area (Å²) in [5.74, 6) is -1.35. The van der Waals surface area contributed by atoms with Crippen LogP contribution in [0.3, 0.4) is 0 Å². The number of carbonyl (C=O) groups is 1. The highest BCUT2D eigenvalue weighted by molar-refractivity contribution is 7.11. The number of thiophene rings is 1. The second-order valence-electron chi connectivity index (χ2n) is 4.58. The highest BCUT2D eigenvalue weighted by Gasteiger charge is 2.15. The Balaban J connectivity index is 2.36. The van der Waals surface area contributed by atoms with Crippen molar-refractivity contribution in [3.63, 3.8) is 0 Å². The third-order valence-electron chi connectivity index (χ3n) is 2.97. The smallest absolute Gasteiger partial charge is 0.342 e. The predicted molar refractivity (Wildman–Crippen MR) is 75.8 cm³/mol. The van der Waals surface area contributed by atoms with E-state index in [0.717, 1.165) is 11.1 Å². The van der Waals surface area contributed by atoms with Gasteiger partial charge >= 0.3 is 11.7 Å². The number of hydrogen-bond acceptors (Lipinski definition) is 4. The molecule has 2 heterocycles. The number of nitrogens with zero attached hydrogens (tertiary/aromatic N) is 1. The third-order valence-corrected chi connectivity index (χ3v) is 3.99. The third kappa shape index (κ3) is 2.88. The summed E-state index contributed by atoms with van der Waals surface area (Å²) < 4.78 is 1.25. The maximum atomic E-state index is 11.8. The van der Waals surface area contributed by atoms with Crippen LogP contribution in [0.4, 0.5) is 0 Å². The Morgan fingerprint density at radius 2 is 2.15 bits per heavy atom. The van der Waals surface area contributed by atoms with Crippen LogP contribution in [0.15, 0.2) is 27.9 Å². The van der Waals surface area contributed by atoms with Crippen LogP contribution in [0, 0.1) is 6.92 Å². The van der Waals surface area contributed by atoms with Gasteiger partial charge in [0, 0.05) is 28.4 Å². The summed E-state index contributed by atoms with van der Waals surface area (Å²) in [6.45, 7) is 3.80. The minimum Gasteiger partial charge on any atom is -0.477 e. The fourth-order valence-corrected chi connectivity index (χ4v) is 2.96. The van der Waals surface area contributed by atoms with Gasteiger partial charge in [-0.05, 0) is 26.0 Å². The van der Waals surface area contributed by atoms with Gasteiger partial charge in [-0.2, -0.15) is 0 Å². The Morgan fingerprint density at radius 1 is 1.45 bits per heavy atom. The van der Waals surface area contributed by atoms with Crippen molar-refractivity contribution in [2.45, 2.75) is 26.3 Å². The molecular weight excluding hydrogens is 280 g/mol. The van der Waals surface area contributed by atoms with Crippen LogP contribution < -0.4 is 11.2 Å². The molecule has 6 nitrogen and oxygen atoms in total. The molecule has 2 N–H and O–H groups in total. The zero-order valence-corrected chi connectivity index (χ0v) is 11.9. The molecule has 2 aromatic heterocycles. The standard InChI is InChI=1S/C13H14N2O4S/c1-7(5-9-4-3-8(2)20-9)15-6-10(12(17)18)11(16)14-13(15)19/h3-4,6-7H,5H2,1-2H3,(H,17,18)(H,14,16,19). The largest absolute Gasteiger partial charge is 0.477 e. The number of hydrogen-bond donors (Lipinski definition) is 2. The lowest BCUT2D eigenvalue weighted by Gasteiger charge is -2.14. The molecule has 1 atom stereocenters. The van der Waals surface area contributed by atoms with Crippen LogP contribution >= 0.6 is 11.3 Å². The molecule has 1 unspecified atom stereocenters. The Morgan fingerprint density at radius 3 is 2.70 bits per heavy atom. The number of aromatic nitrogens is 2. The average Bonchev–Trinajstić information content (AvgIpc) is 2.74. The predicted octanol–water partition coefficient (Wildman–Crippen LogP) is 1.41. The molecule has 20 heavy (non-hydrogen) atoms. The molecule has 2 rings (SSSR count). The van der Waals surface area contributed by atoms with E-state index in [4.69, 9.17) is 5.11 Å². The van der Waals surface area contributed by atoms with Crippen molar-refractivity contribution in [1.82, 2.24) is 9.55 Å². The molecule has 0 aliphatic heterocycles. The fourth-order valence-electron chi connectivity index (χ4n) is 1.95. The SMILES string of the molecule is Cc1ccc(CC(C)n2cc(C(=O)O)c(=O)[nH]c2=O)s1. The van der Waals surface area contributed by atoms with E-state index in [-0.39, 0.29) is 6.04 Å². The molecule has 0 bridgehead atoms. The van der Waals surface area contributed by atoms with Gasteiger partial charge in [-0.3, -0.25) is 14.3 Å². The van der Waals surface area contributed by atoms with Gasteiger partial charge in [-0.1, -0.05) is 0 Å². The minimum absolute atomic E-state index is 0.240. The first kappa shape index (κ1) is 14.3. The van der Waals surface area contributed by atoms with Crippen molar-refractivity contribution in [3.05, 3.63) is 54.5 Å². The van der Waals surface area contributed by atoms with Crippen molar-refractivity contribution in [1.29, 1.82) is 0 Å². The number of aromatic carboxylic acids is 1. The lowest BCUT2D eigenvalue weighted by molar-refractivity contribution is 0.0693. The van der Waals surface area contributed by atoms with Gasteiger partial charge in [0.15, 0.2) is 0 Å². The second kappa shape index (κ2) is 5.46. The van der Waals surface area contributed by atoms with Crippen LogP contribution in [0.2, 0.25) is 0 Å². The first-order valence-electron chi connectivity index (χ1n) is 6.02. The van der Waals surface area contributed by atoms with Crippen molar-refractivity contribution in [2.24, 2.45) is 0 Å². The van der Waals surface area contributed by atoms with E-state index in [1.165, 1.54) is 9.44 Å². The molecular formula is C13H14N2O4S. The summed E-state index contributed by atoms with van der Waals surface area (Å²) in [7, 11) is 0. The second-order valence-corrected chi connectivity index (χ2v) is 5.95. The first-order chi connectivity index (χ1) is 9.38. The Labute approximate surface area is 118 Å². The van der Waals surface area contributed by atoms with Crippen LogP contribution in [0.5, 0.6) is 0 Å². The minimum atomic E-state index is -1.35. The van der Waals surface area contributed by atoms with E-state index in [1.807, 2.05) is 24.0 Å². The summed E-state index contributed by atoms with van der Waals surface area (Å²) in [6.07, 6.45) is 1.71. The van der Waals surface area contributed by atoms with Crippen molar-refractivity contribution >= 4 is 17.3 Å². The Hall–Kier alpha value is -2.15. The summed E-state index contributed by atoms with van der Waals surface area (Å²) in [4.78, 5) is 38.4. The van der Waals surface area contributed by atoms with Gasteiger partial charge in [0.2, 0.25) is 0 Å². The Bertz CT molecular complexity index is 756. The molecule has 0 amide bonds. The summed E-state index contributed by atoms with van der Waals surface area (Å²) >= 11 is 1.63. The number of rotatable bonds is 4. The highest BCUT2D eigenvalue weighted by atomic mass is 32.1. The van der Waals surface area contributed by atoms with Gasteiger partial charge < -0.3 is 5.11 Å². The molecule has 106 valence electrons. The quantitative estimate of drug-likeness (QED) is 0.891. The number of nitrogens with one attached hydrogen (secondary N) is 1. The molecule has 0 aliphatic rings. The number of carboxylic acids is 1. The molecule has 7 heteroatoms. The fraction of sp³-hybridized carbons (Fsp3) is 0.308. The van der Waals surface area contributed by atoms with Gasteiger partial charge in [0.1, 0.15) is 5.56 Å². The van der Waals surface area contributed by atoms with Crippen LogP contribution in [0.1, 0.15) is 33.1 Å². The van der Waals surface area contributed by atoms with Crippen molar-refractivity contribution in [3.8, 4) is 0 Å². The topological polar surface area (TPSA) is 92.2 Å². The van der Waals surface area contributed by atoms with Gasteiger partial charge in [0.25, 0.3) is 5.56 Å². The van der Waals surface area contributed by atoms with E-state index in [9.17, 15) is 14.4 Å². The molecule has 0 spiro atoms. The van der Waals surface area contributed by atoms with Gasteiger partial charge in [-0.15, -0.1) is 11.3 Å². The van der Waals surface area contributed by atoms with Crippen molar-refractivity contribution in [2.75, 3.05) is 0 Å². The van der Waals surface area contributed by atoms with Crippen LogP contribution in [-0.4, -0.2) is 20.6 Å². The van der Waals surface area contributed by atoms with Crippen LogP contribution in [0.25, 0.3) is 0 Å². The lowest BCUT2D eigenvalue weighted by atomic mass is 10.2. The summed E-state index contributed by atoms with van der Waals surface area (Å²) in [5.41, 5.74) is -1.91. The van der Waals surface area contributed by atoms with E-state index in [0.29, 0.717) is 6.42 Å². The monoisotopic (exact) mass is 294 g/mol. The van der Waals surface area contributed by atoms with Gasteiger partial charge in [0.05, 0.1) is 0 Å². The van der Waals surface area contributed by atoms with Crippen molar-refractivity contribution < 1.29 is 9.90 Å². The Kier molecular flexibility index (Phi) is 3.89. The van der Waals surface area contributed by atoms with E-state index < -0.39 is 22.8 Å². The molecule has 0 saturated heterocycles. The lowest BCUT2D eigenvalue weighted by Crippen LogP contribution is -2.35. The molecule has 0 saturated carbocycles. The highest BCUT2D eigenvalue weighted by Crippen LogP contribution is 2.20. The zero-order chi connectivity index (χ0) is 14.9. The zero-order valence-electron chi connectivity index (χ0n) is 11.0. The van der Waals surface area contributed by atoms with E-state index in [2.05, 4.69) is 0 Å². The average molecular weight is 294 g/mol. The molecule has 0 aliphatic carbocycles. The van der Waals surface area contributed by atoms with E-state index in [1.54, 1.807) is 18.3 Å². The number of aryl methyl sites for hydroxylation is 1. The molecule has 0 fully saturated rings. The maximum Gasteiger partial charge on any atom is 0.342 e. The van der Waals surface area contributed by atoms with Gasteiger partial charge in [-0.25, -0.2) is 9.59 Å². The summed E-state index contributed by atoms with van der Waals surface area (Å²) in [5, 5.41) is 8.92. The number of carboxylic acid groups (broad SMARTS) is 1. The normalized spacial score (nSPS) is 12.3. The number of H-pyrrole nitrogens is 1. The first-order valence-corrected chi connectivity index (χ1v) is 6.84. The number of aromatic amines is 1. The van der Waals surface area contributed by atoms with E-state index >= 15 is 0 Å². The summed E-state index contributed by atoms with van der Waals surface area (Å²) in [6, 6.07) is 3.73. The molecule has 2 aromatic rings. The van der Waals surface area contributed by atoms with Crippen LogP contribution in [-0.2, 0) is 6.42 Å². The molecule has 0 aromatic carbocycles. The molecule has 0 radical (unpaired) electrons. The maximum absolute atomic E-state index is 11.8.